The summed E-state index contributed by atoms with van der Waals surface area (Å²) in [4.78, 5) is 23.6. The molecule has 0 bridgehead atoms. The summed E-state index contributed by atoms with van der Waals surface area (Å²) in [6, 6.07) is 0. The van der Waals surface area contributed by atoms with E-state index in [0.29, 0.717) is 0 Å². The Morgan fingerprint density at radius 1 is 1.33 bits per heavy atom. The molecule has 12 heavy (non-hydrogen) atoms. The average Bonchev–Trinajstić information content (AvgIpc) is 2.37. The number of likely N-dealkylation sites (tertiary alicyclic amines) is 1. The number of carbonyl (C=O) groups excluding carboxylic acids is 2. The number of hydrogen-bond donors (Lipinski definition) is 0. The van der Waals surface area contributed by atoms with Crippen LogP contribution in [0.5, 0.6) is 0 Å². The van der Waals surface area contributed by atoms with E-state index >= 15 is 0 Å². The van der Waals surface area contributed by atoms with E-state index in [-0.39, 0.29) is 5.57 Å². The lowest BCUT2D eigenvalue weighted by molar-refractivity contribution is -0.165. The minimum absolute atomic E-state index is 0.259. The fraction of sp³-hybridized carbons (Fsp3) is 0.500. The van der Waals surface area contributed by atoms with Gasteiger partial charge in [0.1, 0.15) is 0 Å². The molecule has 0 N–H and O–H groups in total. The molecule has 2 rings (SSSR count). The topological polar surface area (TPSA) is 46.6 Å². The van der Waals surface area contributed by atoms with Gasteiger partial charge in [-0.3, -0.25) is 0 Å². The summed E-state index contributed by atoms with van der Waals surface area (Å²) in [5.41, 5.74) is 1.10. The minimum atomic E-state index is -0.469. The van der Waals surface area contributed by atoms with Crippen LogP contribution in [-0.4, -0.2) is 30.4 Å². The fourth-order valence-corrected chi connectivity index (χ4v) is 1.58. The number of carbonyl (C=O) groups is 2. The molecule has 0 atom stereocenters. The maximum absolute atomic E-state index is 10.8. The quantitative estimate of drug-likeness (QED) is 0.221. The predicted molar refractivity (Wildman–Crippen MR) is 40.0 cm³/mol. The first-order chi connectivity index (χ1) is 5.70. The van der Waals surface area contributed by atoms with E-state index in [1.165, 1.54) is 0 Å². The van der Waals surface area contributed by atoms with Crippen LogP contribution in [0.3, 0.4) is 0 Å². The van der Waals surface area contributed by atoms with Crippen LogP contribution in [0.1, 0.15) is 12.8 Å². The molecule has 4 heteroatoms. The molecule has 0 saturated carbocycles. The summed E-state index contributed by atoms with van der Waals surface area (Å²) in [6.07, 6.45) is 1.82. The Balaban J connectivity index is 2.35. The summed E-state index contributed by atoms with van der Waals surface area (Å²) in [7, 11) is 1.88. The molecule has 0 aromatic heterocycles. The number of ether oxygens (including phenoxy) is 1. The molecule has 2 saturated heterocycles. The van der Waals surface area contributed by atoms with Crippen molar-refractivity contribution < 1.29 is 14.3 Å². The lowest BCUT2D eigenvalue weighted by Gasteiger charge is -2.20. The van der Waals surface area contributed by atoms with Gasteiger partial charge >= 0.3 is 11.9 Å². The molecular formula is C8H9NO3. The van der Waals surface area contributed by atoms with Gasteiger partial charge < -0.3 is 9.64 Å². The van der Waals surface area contributed by atoms with E-state index in [9.17, 15) is 9.59 Å². The van der Waals surface area contributed by atoms with Crippen molar-refractivity contribution in [1.29, 1.82) is 0 Å². The first kappa shape index (κ1) is 7.34. The predicted octanol–water partition coefficient (Wildman–Crippen LogP) is 0.0495. The highest BCUT2D eigenvalue weighted by Gasteiger charge is 2.39. The Bertz CT molecular complexity index is 277. The van der Waals surface area contributed by atoms with Crippen molar-refractivity contribution in [3.8, 4) is 0 Å². The number of rotatable bonds is 0. The number of cyclic esters (lactones) is 2. The number of nitrogens with zero attached hydrogens (tertiary/aromatic N) is 1. The number of allylic oxidation sites excluding steroid dienone is 1. The molecule has 64 valence electrons. The van der Waals surface area contributed by atoms with Gasteiger partial charge in [-0.05, 0) is 12.8 Å². The van der Waals surface area contributed by atoms with Crippen LogP contribution < -0.4 is 0 Å². The third kappa shape index (κ3) is 0.841. The zero-order valence-corrected chi connectivity index (χ0v) is 6.79. The van der Waals surface area contributed by atoms with E-state index in [1.54, 1.807) is 0 Å². The summed E-state index contributed by atoms with van der Waals surface area (Å²) in [5.74, 6) is -0.937. The van der Waals surface area contributed by atoms with Crippen LogP contribution in [0, 0.1) is 0 Å². The summed E-state index contributed by atoms with van der Waals surface area (Å²) < 4.78 is 4.25. The van der Waals surface area contributed by atoms with Gasteiger partial charge in [0, 0.05) is 19.3 Å². The Morgan fingerprint density at radius 3 is 2.42 bits per heavy atom. The zero-order chi connectivity index (χ0) is 8.72. The van der Waals surface area contributed by atoms with Gasteiger partial charge in [-0.15, -0.1) is 0 Å². The molecule has 0 radical (unpaired) electrons. The van der Waals surface area contributed by atoms with Gasteiger partial charge in [0.05, 0.1) is 0 Å². The van der Waals surface area contributed by atoms with Gasteiger partial charge in [0.15, 0.2) is 5.57 Å². The van der Waals surface area contributed by atoms with Crippen molar-refractivity contribution in [3.63, 3.8) is 0 Å². The molecule has 2 aliphatic rings. The van der Waals surface area contributed by atoms with E-state index in [1.807, 2.05) is 11.9 Å². The maximum Gasteiger partial charge on any atom is 0.355 e. The Hall–Kier alpha value is -1.32. The average molecular weight is 167 g/mol. The second-order valence-corrected chi connectivity index (χ2v) is 3.02. The molecular weight excluding hydrogens is 158 g/mol. The second kappa shape index (κ2) is 2.33. The minimum Gasteiger partial charge on any atom is -0.385 e. The first-order valence-corrected chi connectivity index (χ1v) is 3.91. The maximum atomic E-state index is 10.8. The molecule has 0 aliphatic carbocycles. The molecule has 0 aromatic carbocycles. The number of hydrogen-bond acceptors (Lipinski definition) is 4. The van der Waals surface area contributed by atoms with Gasteiger partial charge in [-0.25, -0.2) is 9.59 Å². The van der Waals surface area contributed by atoms with Crippen LogP contribution in [0.2, 0.25) is 0 Å². The van der Waals surface area contributed by atoms with Crippen molar-refractivity contribution in [2.45, 2.75) is 12.8 Å². The van der Waals surface area contributed by atoms with Crippen molar-refractivity contribution in [3.05, 3.63) is 11.3 Å². The highest BCUT2D eigenvalue weighted by Crippen LogP contribution is 2.27. The molecule has 0 spiro atoms. The van der Waals surface area contributed by atoms with Crippen LogP contribution in [0.4, 0.5) is 0 Å². The molecule has 0 amide bonds. The van der Waals surface area contributed by atoms with Gasteiger partial charge in [0.2, 0.25) is 0 Å². The molecule has 2 aliphatic heterocycles. The Kier molecular flexibility index (Phi) is 1.43. The number of esters is 2. The van der Waals surface area contributed by atoms with Crippen molar-refractivity contribution in [2.75, 3.05) is 13.6 Å². The monoisotopic (exact) mass is 167 g/mol. The SMILES string of the molecule is CN1CCCC1=C1C(=O)OC1=O. The normalized spacial score (nSPS) is 22.9. The smallest absolute Gasteiger partial charge is 0.355 e. The Labute approximate surface area is 69.8 Å². The molecule has 4 nitrogen and oxygen atoms in total. The molecule has 0 unspecified atom stereocenters. The third-order valence-corrected chi connectivity index (χ3v) is 2.25. The van der Waals surface area contributed by atoms with E-state index in [0.717, 1.165) is 25.1 Å². The van der Waals surface area contributed by atoms with Crippen molar-refractivity contribution in [1.82, 2.24) is 4.90 Å². The van der Waals surface area contributed by atoms with E-state index in [4.69, 9.17) is 0 Å². The Morgan fingerprint density at radius 2 is 2.00 bits per heavy atom. The van der Waals surface area contributed by atoms with Crippen LogP contribution in [-0.2, 0) is 14.3 Å². The van der Waals surface area contributed by atoms with Crippen molar-refractivity contribution >= 4 is 11.9 Å². The van der Waals surface area contributed by atoms with Gasteiger partial charge in [-0.1, -0.05) is 0 Å². The lowest BCUT2D eigenvalue weighted by atomic mass is 10.1. The molecule has 0 aromatic rings. The van der Waals surface area contributed by atoms with E-state index in [2.05, 4.69) is 4.74 Å². The van der Waals surface area contributed by atoms with Crippen LogP contribution in [0.15, 0.2) is 11.3 Å². The van der Waals surface area contributed by atoms with Gasteiger partial charge in [0.25, 0.3) is 0 Å². The summed E-state index contributed by atoms with van der Waals surface area (Å²) >= 11 is 0. The first-order valence-electron chi connectivity index (χ1n) is 3.91. The highest BCUT2D eigenvalue weighted by atomic mass is 16.6. The van der Waals surface area contributed by atoms with Crippen LogP contribution in [0.25, 0.3) is 0 Å². The fourth-order valence-electron chi connectivity index (χ4n) is 1.58. The molecule has 2 heterocycles. The summed E-state index contributed by atoms with van der Waals surface area (Å²) in [5, 5.41) is 0. The van der Waals surface area contributed by atoms with Gasteiger partial charge in [-0.2, -0.15) is 0 Å². The second-order valence-electron chi connectivity index (χ2n) is 3.02. The standard InChI is InChI=1S/C8H9NO3/c1-9-4-2-3-5(9)6-7(10)12-8(6)11/h2-4H2,1H3. The largest absolute Gasteiger partial charge is 0.385 e. The van der Waals surface area contributed by atoms with E-state index < -0.39 is 11.9 Å². The van der Waals surface area contributed by atoms with Crippen molar-refractivity contribution in [2.24, 2.45) is 0 Å². The van der Waals surface area contributed by atoms with Crippen LogP contribution >= 0.6 is 0 Å². The molecule has 2 fully saturated rings. The lowest BCUT2D eigenvalue weighted by Crippen LogP contribution is -2.34. The zero-order valence-electron chi connectivity index (χ0n) is 6.79. The highest BCUT2D eigenvalue weighted by molar-refractivity contribution is 6.27. The summed E-state index contributed by atoms with van der Waals surface area (Å²) in [6.45, 7) is 0.916. The third-order valence-electron chi connectivity index (χ3n) is 2.25.